The zero-order valence-corrected chi connectivity index (χ0v) is 19.3. The van der Waals surface area contributed by atoms with E-state index >= 15 is 0 Å². The van der Waals surface area contributed by atoms with Crippen molar-refractivity contribution in [3.05, 3.63) is 64.9 Å². The van der Waals surface area contributed by atoms with Crippen LogP contribution in [0, 0.1) is 0 Å². The van der Waals surface area contributed by atoms with Crippen LogP contribution in [0.2, 0.25) is 5.02 Å². The highest BCUT2D eigenvalue weighted by Gasteiger charge is 2.61. The van der Waals surface area contributed by atoms with E-state index in [1.165, 1.54) is 11.1 Å². The fraction of sp³-hybridized carbons (Fsp3) is 0.391. The Kier molecular flexibility index (Phi) is 6.74. The topological polar surface area (TPSA) is 99.8 Å². The van der Waals surface area contributed by atoms with Gasteiger partial charge in [-0.05, 0) is 36.2 Å². The van der Waals surface area contributed by atoms with Gasteiger partial charge >= 0.3 is 12.2 Å². The number of nitrogens with two attached hydrogens (primary N) is 1. The SMILES string of the molecule is N[C@H](Cc1ccc(Cl)cc1)C(=O)N1CCN2C(=O)N(CC(F)(F)F)C(=O)[C@]2(Cc2ccccn2)C1. The summed E-state index contributed by atoms with van der Waals surface area (Å²) in [5, 5.41) is 0.536. The molecule has 4 amide bonds. The summed E-state index contributed by atoms with van der Waals surface area (Å²) in [6, 6.07) is 9.79. The lowest BCUT2D eigenvalue weighted by atomic mass is 9.88. The molecule has 0 unspecified atom stereocenters. The molecule has 186 valence electrons. The lowest BCUT2D eigenvalue weighted by Gasteiger charge is -2.44. The first-order chi connectivity index (χ1) is 16.5. The van der Waals surface area contributed by atoms with E-state index in [4.69, 9.17) is 17.3 Å². The summed E-state index contributed by atoms with van der Waals surface area (Å²) >= 11 is 5.89. The normalized spacial score (nSPS) is 21.3. The summed E-state index contributed by atoms with van der Waals surface area (Å²) in [7, 11) is 0. The predicted molar refractivity (Wildman–Crippen MR) is 120 cm³/mol. The number of urea groups is 1. The Morgan fingerprint density at radius 1 is 1.14 bits per heavy atom. The molecule has 1 aromatic carbocycles. The van der Waals surface area contributed by atoms with Crippen LogP contribution in [-0.4, -0.2) is 81.5 Å². The maximum Gasteiger partial charge on any atom is 0.406 e. The van der Waals surface area contributed by atoms with E-state index in [1.54, 1.807) is 42.5 Å². The van der Waals surface area contributed by atoms with E-state index in [2.05, 4.69) is 4.98 Å². The number of nitrogens with zero attached hydrogens (tertiary/aromatic N) is 4. The third-order valence-corrected chi connectivity index (χ3v) is 6.45. The van der Waals surface area contributed by atoms with E-state index in [-0.39, 0.29) is 37.4 Å². The predicted octanol–water partition coefficient (Wildman–Crippen LogP) is 2.25. The molecule has 2 aliphatic rings. The molecule has 2 fully saturated rings. The van der Waals surface area contributed by atoms with Crippen molar-refractivity contribution < 1.29 is 27.6 Å². The number of aromatic nitrogens is 1. The summed E-state index contributed by atoms with van der Waals surface area (Å²) in [4.78, 5) is 46.3. The van der Waals surface area contributed by atoms with Gasteiger partial charge in [-0.2, -0.15) is 13.2 Å². The molecule has 0 radical (unpaired) electrons. The largest absolute Gasteiger partial charge is 0.406 e. The van der Waals surface area contributed by atoms with Gasteiger partial charge in [-0.25, -0.2) is 4.79 Å². The zero-order chi connectivity index (χ0) is 25.4. The molecular formula is C23H23ClF3N5O3. The fourth-order valence-electron chi connectivity index (χ4n) is 4.59. The van der Waals surface area contributed by atoms with E-state index < -0.39 is 42.1 Å². The Morgan fingerprint density at radius 3 is 2.49 bits per heavy atom. The van der Waals surface area contributed by atoms with E-state index in [0.717, 1.165) is 10.5 Å². The quantitative estimate of drug-likeness (QED) is 0.602. The molecule has 0 aliphatic carbocycles. The minimum absolute atomic E-state index is 0.0377. The Bertz CT molecular complexity index is 1120. The van der Waals surface area contributed by atoms with Crippen LogP contribution in [-0.2, 0) is 22.4 Å². The van der Waals surface area contributed by atoms with Crippen LogP contribution in [0.1, 0.15) is 11.3 Å². The van der Waals surface area contributed by atoms with Crippen molar-refractivity contribution in [1.82, 2.24) is 19.7 Å². The number of hydrogen-bond acceptors (Lipinski definition) is 5. The summed E-state index contributed by atoms with van der Waals surface area (Å²) in [6.45, 7) is -2.05. The fourth-order valence-corrected chi connectivity index (χ4v) is 4.72. The van der Waals surface area contributed by atoms with Crippen LogP contribution < -0.4 is 5.73 Å². The van der Waals surface area contributed by atoms with Crippen LogP contribution >= 0.6 is 11.6 Å². The van der Waals surface area contributed by atoms with Crippen molar-refractivity contribution in [2.75, 3.05) is 26.2 Å². The minimum Gasteiger partial charge on any atom is -0.337 e. The molecule has 2 aromatic rings. The maximum absolute atomic E-state index is 13.4. The van der Waals surface area contributed by atoms with Gasteiger partial charge in [-0.15, -0.1) is 0 Å². The first-order valence-corrected chi connectivity index (χ1v) is 11.3. The second-order valence-electron chi connectivity index (χ2n) is 8.67. The lowest BCUT2D eigenvalue weighted by molar-refractivity contribution is -0.157. The zero-order valence-electron chi connectivity index (χ0n) is 18.5. The summed E-state index contributed by atoms with van der Waals surface area (Å²) in [5.74, 6) is -1.47. The molecule has 0 saturated carbocycles. The van der Waals surface area contributed by atoms with Crippen LogP contribution in [0.4, 0.5) is 18.0 Å². The van der Waals surface area contributed by atoms with Gasteiger partial charge in [-0.1, -0.05) is 29.8 Å². The second-order valence-corrected chi connectivity index (χ2v) is 9.10. The molecule has 2 saturated heterocycles. The van der Waals surface area contributed by atoms with Gasteiger partial charge in [-0.3, -0.25) is 19.5 Å². The van der Waals surface area contributed by atoms with Crippen molar-refractivity contribution >= 4 is 29.4 Å². The van der Waals surface area contributed by atoms with Crippen LogP contribution in [0.3, 0.4) is 0 Å². The number of piperazine rings is 1. The monoisotopic (exact) mass is 509 g/mol. The number of amides is 4. The molecule has 2 N–H and O–H groups in total. The second kappa shape index (κ2) is 9.46. The molecule has 2 aliphatic heterocycles. The van der Waals surface area contributed by atoms with Crippen molar-refractivity contribution in [2.45, 2.75) is 30.6 Å². The van der Waals surface area contributed by atoms with Gasteiger partial charge in [0.15, 0.2) is 0 Å². The highest BCUT2D eigenvalue weighted by Crippen LogP contribution is 2.36. The van der Waals surface area contributed by atoms with Gasteiger partial charge in [0.05, 0.1) is 12.6 Å². The van der Waals surface area contributed by atoms with Crippen molar-refractivity contribution in [3.63, 3.8) is 0 Å². The standard InChI is InChI=1S/C23H23ClF3N5O3/c24-16-6-4-15(5-7-16)11-18(28)19(33)30-9-10-32-21(35)31(14-23(25,26)27)20(34)22(32,13-30)12-17-3-1-2-8-29-17/h1-8,18H,9-14,28H2/t18-,22+/m1/s1. The van der Waals surface area contributed by atoms with Crippen LogP contribution in [0.25, 0.3) is 0 Å². The number of halogens is 4. The van der Waals surface area contributed by atoms with Gasteiger partial charge in [0, 0.05) is 36.4 Å². The molecule has 4 rings (SSSR count). The number of carbonyl (C=O) groups excluding carboxylic acids is 3. The minimum atomic E-state index is -4.76. The Hall–Kier alpha value is -3.18. The number of benzene rings is 1. The number of fused-ring (bicyclic) bond motifs is 1. The number of carbonyl (C=O) groups is 3. The summed E-state index contributed by atoms with van der Waals surface area (Å²) < 4.78 is 39.5. The number of rotatable bonds is 6. The average Bonchev–Trinajstić information content (AvgIpc) is 3.00. The van der Waals surface area contributed by atoms with Crippen LogP contribution in [0.15, 0.2) is 48.7 Å². The molecule has 2 atom stereocenters. The van der Waals surface area contributed by atoms with E-state index in [1.807, 2.05) is 0 Å². The average molecular weight is 510 g/mol. The highest BCUT2D eigenvalue weighted by atomic mass is 35.5. The van der Waals surface area contributed by atoms with Gasteiger partial charge in [0.2, 0.25) is 5.91 Å². The maximum atomic E-state index is 13.4. The molecule has 35 heavy (non-hydrogen) atoms. The number of alkyl halides is 3. The van der Waals surface area contributed by atoms with Crippen LogP contribution in [0.5, 0.6) is 0 Å². The van der Waals surface area contributed by atoms with Gasteiger partial charge in [0.25, 0.3) is 5.91 Å². The Labute approximate surface area is 204 Å². The number of imide groups is 1. The Morgan fingerprint density at radius 2 is 1.86 bits per heavy atom. The van der Waals surface area contributed by atoms with Gasteiger partial charge < -0.3 is 15.5 Å². The summed E-state index contributed by atoms with van der Waals surface area (Å²) in [5.41, 5.74) is 5.65. The molecular weight excluding hydrogens is 487 g/mol. The third-order valence-electron chi connectivity index (χ3n) is 6.20. The molecule has 12 heteroatoms. The third kappa shape index (κ3) is 5.10. The molecule has 0 spiro atoms. The first kappa shape index (κ1) is 24.9. The number of pyridine rings is 1. The molecule has 8 nitrogen and oxygen atoms in total. The van der Waals surface area contributed by atoms with E-state index in [0.29, 0.717) is 10.7 Å². The van der Waals surface area contributed by atoms with Crippen molar-refractivity contribution in [1.29, 1.82) is 0 Å². The van der Waals surface area contributed by atoms with Gasteiger partial charge in [0.1, 0.15) is 12.1 Å². The Balaban J connectivity index is 1.61. The van der Waals surface area contributed by atoms with Crippen molar-refractivity contribution in [3.8, 4) is 0 Å². The molecule has 3 heterocycles. The number of hydrogen-bond donors (Lipinski definition) is 1. The molecule has 1 aromatic heterocycles. The molecule has 0 bridgehead atoms. The van der Waals surface area contributed by atoms with Crippen molar-refractivity contribution in [2.24, 2.45) is 5.73 Å². The highest BCUT2D eigenvalue weighted by molar-refractivity contribution is 6.30. The lowest BCUT2D eigenvalue weighted by Crippen LogP contribution is -2.66. The first-order valence-electron chi connectivity index (χ1n) is 10.9. The van der Waals surface area contributed by atoms with E-state index in [9.17, 15) is 27.6 Å². The smallest absolute Gasteiger partial charge is 0.337 e. The summed E-state index contributed by atoms with van der Waals surface area (Å²) in [6.07, 6.45) is -3.21.